The van der Waals surface area contributed by atoms with Gasteiger partial charge in [0.2, 0.25) is 0 Å². The number of amides is 1. The van der Waals surface area contributed by atoms with Crippen molar-refractivity contribution in [2.75, 3.05) is 18.4 Å². The molecular formula is C22H23F3IN3O2. The quantitative estimate of drug-likeness (QED) is 0.505. The third-order valence-electron chi connectivity index (χ3n) is 6.00. The molecule has 2 unspecified atom stereocenters. The maximum atomic E-state index is 14.6. The molecule has 0 spiro atoms. The van der Waals surface area contributed by atoms with E-state index in [9.17, 15) is 23.1 Å². The van der Waals surface area contributed by atoms with E-state index in [1.54, 1.807) is 6.07 Å². The minimum absolute atomic E-state index is 0.0699. The normalized spacial score (nSPS) is 22.7. The van der Waals surface area contributed by atoms with Crippen LogP contribution in [0, 0.1) is 21.0 Å². The Morgan fingerprint density at radius 2 is 1.94 bits per heavy atom. The number of hydrogen-bond acceptors (Lipinski definition) is 4. The van der Waals surface area contributed by atoms with Gasteiger partial charge < -0.3 is 20.6 Å². The number of aliphatic hydroxyl groups is 1. The molecule has 5 nitrogen and oxygen atoms in total. The highest BCUT2D eigenvalue weighted by Gasteiger charge is 2.50. The smallest absolute Gasteiger partial charge is 0.256 e. The van der Waals surface area contributed by atoms with Gasteiger partial charge >= 0.3 is 0 Å². The number of rotatable bonds is 4. The first-order valence-electron chi connectivity index (χ1n) is 10.2. The molecule has 2 aliphatic rings. The van der Waals surface area contributed by atoms with E-state index in [4.69, 9.17) is 0 Å². The molecule has 2 atom stereocenters. The molecule has 2 heterocycles. The Bertz CT molecular complexity index is 1010. The monoisotopic (exact) mass is 545 g/mol. The Labute approximate surface area is 192 Å². The van der Waals surface area contributed by atoms with E-state index in [2.05, 4.69) is 17.6 Å². The standard InChI is InChI=1S/C22H23F3IN3O2/c1-12-3-2-4-18(27-12)22(31)10-29(11-22)21(30)14-6-7-15(23)19(25)20(14)28-17-8-5-13(26)9-16(17)24/h5-9,12,18,27-28,31H,2-4,10-11H2,1H3. The summed E-state index contributed by atoms with van der Waals surface area (Å²) in [5, 5.41) is 16.8. The van der Waals surface area contributed by atoms with Crippen molar-refractivity contribution in [3.8, 4) is 0 Å². The van der Waals surface area contributed by atoms with Crippen molar-refractivity contribution >= 4 is 39.9 Å². The van der Waals surface area contributed by atoms with Crippen LogP contribution in [0.15, 0.2) is 30.3 Å². The molecule has 2 aromatic rings. The molecule has 31 heavy (non-hydrogen) atoms. The van der Waals surface area contributed by atoms with Crippen LogP contribution in [0.4, 0.5) is 24.5 Å². The first kappa shape index (κ1) is 22.3. The van der Waals surface area contributed by atoms with E-state index in [0.29, 0.717) is 9.61 Å². The number of hydrogen-bond donors (Lipinski definition) is 3. The van der Waals surface area contributed by atoms with Gasteiger partial charge in [-0.1, -0.05) is 6.42 Å². The summed E-state index contributed by atoms with van der Waals surface area (Å²) in [6, 6.07) is 6.46. The van der Waals surface area contributed by atoms with Gasteiger partial charge in [-0.25, -0.2) is 13.2 Å². The van der Waals surface area contributed by atoms with Gasteiger partial charge in [-0.05, 0) is 72.7 Å². The van der Waals surface area contributed by atoms with Gasteiger partial charge in [0, 0.05) is 15.7 Å². The zero-order valence-corrected chi connectivity index (χ0v) is 19.0. The second-order valence-electron chi connectivity index (χ2n) is 8.35. The summed E-state index contributed by atoms with van der Waals surface area (Å²) in [7, 11) is 0. The molecule has 0 radical (unpaired) electrons. The number of benzene rings is 2. The van der Waals surface area contributed by atoms with Crippen LogP contribution in [-0.2, 0) is 0 Å². The largest absolute Gasteiger partial charge is 0.385 e. The van der Waals surface area contributed by atoms with Crippen molar-refractivity contribution < 1.29 is 23.1 Å². The highest BCUT2D eigenvalue weighted by Crippen LogP contribution is 2.34. The Hall–Kier alpha value is -1.85. The first-order chi connectivity index (χ1) is 14.7. The van der Waals surface area contributed by atoms with Crippen molar-refractivity contribution in [3.63, 3.8) is 0 Å². The fourth-order valence-corrected chi connectivity index (χ4v) is 4.74. The van der Waals surface area contributed by atoms with Crippen LogP contribution in [0.1, 0.15) is 36.5 Å². The van der Waals surface area contributed by atoms with Crippen LogP contribution >= 0.6 is 22.6 Å². The molecule has 2 fully saturated rings. The molecule has 4 rings (SSSR count). The van der Waals surface area contributed by atoms with Gasteiger partial charge in [-0.2, -0.15) is 0 Å². The van der Waals surface area contributed by atoms with Gasteiger partial charge in [-0.3, -0.25) is 4.79 Å². The zero-order chi connectivity index (χ0) is 22.3. The van der Waals surface area contributed by atoms with Crippen LogP contribution < -0.4 is 10.6 Å². The number of nitrogens with zero attached hydrogens (tertiary/aromatic N) is 1. The Kier molecular flexibility index (Phi) is 6.19. The van der Waals surface area contributed by atoms with Gasteiger partial charge in [0.1, 0.15) is 11.4 Å². The number of β-amino-alcohol motifs (C(OH)–C–C–N with tert-alkyl or cyclic N) is 1. The Balaban J connectivity index is 1.56. The highest BCUT2D eigenvalue weighted by atomic mass is 127. The van der Waals surface area contributed by atoms with Crippen LogP contribution in [0.5, 0.6) is 0 Å². The summed E-state index contributed by atoms with van der Waals surface area (Å²) in [6.45, 7) is 2.24. The van der Waals surface area contributed by atoms with E-state index in [1.165, 1.54) is 23.1 Å². The zero-order valence-electron chi connectivity index (χ0n) is 16.9. The SMILES string of the molecule is CC1CCCC(C2(O)CN(C(=O)c3ccc(F)c(F)c3Nc3ccc(I)cc3F)C2)N1. The molecule has 0 saturated carbocycles. The van der Waals surface area contributed by atoms with Crippen molar-refractivity contribution in [2.24, 2.45) is 0 Å². The average Bonchev–Trinajstić information content (AvgIpc) is 2.70. The van der Waals surface area contributed by atoms with Crippen molar-refractivity contribution in [3.05, 3.63) is 56.9 Å². The summed E-state index contributed by atoms with van der Waals surface area (Å²) in [5.74, 6) is -3.61. The van der Waals surface area contributed by atoms with E-state index in [-0.39, 0.29) is 30.4 Å². The molecule has 0 bridgehead atoms. The van der Waals surface area contributed by atoms with Crippen molar-refractivity contribution in [2.45, 2.75) is 43.9 Å². The summed E-state index contributed by atoms with van der Waals surface area (Å²) in [5.41, 5.74) is -1.67. The highest BCUT2D eigenvalue weighted by molar-refractivity contribution is 14.1. The number of nitrogens with one attached hydrogen (secondary N) is 2. The summed E-state index contributed by atoms with van der Waals surface area (Å²) < 4.78 is 43.4. The number of piperidine rings is 1. The second-order valence-corrected chi connectivity index (χ2v) is 9.59. The Morgan fingerprint density at radius 3 is 2.61 bits per heavy atom. The van der Waals surface area contributed by atoms with E-state index >= 15 is 0 Å². The van der Waals surface area contributed by atoms with Crippen molar-refractivity contribution in [1.29, 1.82) is 0 Å². The average molecular weight is 545 g/mol. The van der Waals surface area contributed by atoms with E-state index < -0.39 is 34.6 Å². The molecule has 3 N–H and O–H groups in total. The van der Waals surface area contributed by atoms with Gasteiger partial charge in [0.25, 0.3) is 5.91 Å². The molecule has 2 aromatic carbocycles. The number of carbonyl (C=O) groups excluding carboxylic acids is 1. The van der Waals surface area contributed by atoms with Crippen LogP contribution in [0.3, 0.4) is 0 Å². The third-order valence-corrected chi connectivity index (χ3v) is 6.67. The second kappa shape index (κ2) is 8.59. The fourth-order valence-electron chi connectivity index (χ4n) is 4.29. The fraction of sp³-hybridized carbons (Fsp3) is 0.409. The molecule has 2 saturated heterocycles. The molecule has 0 aromatic heterocycles. The molecule has 2 aliphatic heterocycles. The predicted octanol–water partition coefficient (Wildman–Crippen LogP) is 4.17. The third kappa shape index (κ3) is 4.40. The van der Waals surface area contributed by atoms with E-state index in [0.717, 1.165) is 25.3 Å². The Morgan fingerprint density at radius 1 is 1.19 bits per heavy atom. The number of halogens is 4. The lowest BCUT2D eigenvalue weighted by atomic mass is 9.80. The summed E-state index contributed by atoms with van der Waals surface area (Å²) >= 11 is 1.93. The lowest BCUT2D eigenvalue weighted by Crippen LogP contribution is -2.72. The van der Waals surface area contributed by atoms with Crippen molar-refractivity contribution in [1.82, 2.24) is 10.2 Å². The van der Waals surface area contributed by atoms with Crippen LogP contribution in [0.2, 0.25) is 0 Å². The number of carbonyl (C=O) groups is 1. The number of anilines is 2. The van der Waals surface area contributed by atoms with Gasteiger partial charge in [-0.15, -0.1) is 0 Å². The first-order valence-corrected chi connectivity index (χ1v) is 11.2. The molecule has 1 amide bonds. The summed E-state index contributed by atoms with van der Waals surface area (Å²) in [4.78, 5) is 14.4. The van der Waals surface area contributed by atoms with Gasteiger partial charge in [0.05, 0.1) is 30.0 Å². The topological polar surface area (TPSA) is 64.6 Å². The lowest BCUT2D eigenvalue weighted by Gasteiger charge is -2.52. The van der Waals surface area contributed by atoms with Crippen LogP contribution in [0.25, 0.3) is 0 Å². The predicted molar refractivity (Wildman–Crippen MR) is 120 cm³/mol. The minimum atomic E-state index is -1.26. The van der Waals surface area contributed by atoms with Crippen LogP contribution in [-0.4, -0.2) is 46.7 Å². The summed E-state index contributed by atoms with van der Waals surface area (Å²) in [6.07, 6.45) is 2.84. The lowest BCUT2D eigenvalue weighted by molar-refractivity contribution is -0.111. The maximum Gasteiger partial charge on any atom is 0.256 e. The number of likely N-dealkylation sites (tertiary alicyclic amines) is 1. The molecular weight excluding hydrogens is 522 g/mol. The minimum Gasteiger partial charge on any atom is -0.385 e. The molecule has 0 aliphatic carbocycles. The molecule has 9 heteroatoms. The van der Waals surface area contributed by atoms with E-state index in [1.807, 2.05) is 22.6 Å². The van der Waals surface area contributed by atoms with Gasteiger partial charge in [0.15, 0.2) is 11.6 Å². The maximum absolute atomic E-state index is 14.6. The molecule has 166 valence electrons.